The maximum atomic E-state index is 11.8. The molecule has 0 heterocycles. The lowest BCUT2D eigenvalue weighted by Crippen LogP contribution is -2.17. The van der Waals surface area contributed by atoms with Crippen LogP contribution in [-0.4, -0.2) is 6.36 Å². The molecule has 1 aromatic rings. The number of benzene rings is 1. The monoisotopic (exact) mass is 278 g/mol. The van der Waals surface area contributed by atoms with Crippen molar-refractivity contribution in [3.63, 3.8) is 0 Å². The molecule has 0 aliphatic rings. The highest BCUT2D eigenvalue weighted by molar-refractivity contribution is 6.66. The summed E-state index contributed by atoms with van der Waals surface area (Å²) >= 11 is 16.5. The Kier molecular flexibility index (Phi) is 3.63. The largest absolute Gasteiger partial charge is 0.573 e. The molecule has 15 heavy (non-hydrogen) atoms. The highest BCUT2D eigenvalue weighted by atomic mass is 35.6. The zero-order chi connectivity index (χ0) is 11.7. The summed E-state index contributed by atoms with van der Waals surface area (Å²) in [6.07, 6.45) is -4.72. The molecule has 1 nitrogen and oxygen atoms in total. The van der Waals surface area contributed by atoms with Gasteiger partial charge in [-0.15, -0.1) is 13.2 Å². The van der Waals surface area contributed by atoms with E-state index in [0.717, 1.165) is 12.1 Å². The molecule has 0 saturated heterocycles. The van der Waals surface area contributed by atoms with Crippen molar-refractivity contribution < 1.29 is 17.9 Å². The first-order valence-electron chi connectivity index (χ1n) is 3.61. The van der Waals surface area contributed by atoms with E-state index in [0.29, 0.717) is 0 Å². The Hall–Kier alpha value is -0.320. The van der Waals surface area contributed by atoms with Crippen LogP contribution in [0.25, 0.3) is 0 Å². The van der Waals surface area contributed by atoms with Gasteiger partial charge in [-0.2, -0.15) is 0 Å². The minimum Gasteiger partial charge on any atom is -0.406 e. The van der Waals surface area contributed by atoms with Crippen molar-refractivity contribution in [1.29, 1.82) is 0 Å². The fraction of sp³-hybridized carbons (Fsp3) is 0.250. The van der Waals surface area contributed by atoms with Crippen LogP contribution in [0.3, 0.4) is 0 Å². The molecule has 0 fully saturated rings. The van der Waals surface area contributed by atoms with E-state index in [1.165, 1.54) is 12.1 Å². The maximum absolute atomic E-state index is 11.8. The number of ether oxygens (including phenoxy) is 1. The number of hydrogen-bond acceptors (Lipinski definition) is 1. The molecule has 1 aromatic carbocycles. The lowest BCUT2D eigenvalue weighted by Gasteiger charge is -2.12. The van der Waals surface area contributed by atoms with E-state index in [-0.39, 0.29) is 11.3 Å². The molecule has 0 aliphatic heterocycles. The van der Waals surface area contributed by atoms with Gasteiger partial charge in [0, 0.05) is 5.56 Å². The van der Waals surface area contributed by atoms with E-state index in [2.05, 4.69) is 4.74 Å². The summed E-state index contributed by atoms with van der Waals surface area (Å²) in [6.45, 7) is 0. The van der Waals surface area contributed by atoms with Gasteiger partial charge in [0.15, 0.2) is 0 Å². The Morgan fingerprint density at radius 2 is 1.40 bits per heavy atom. The second-order valence-electron chi connectivity index (χ2n) is 2.57. The molecule has 84 valence electrons. The van der Waals surface area contributed by atoms with Crippen LogP contribution in [0.4, 0.5) is 13.2 Å². The molecular weight excluding hydrogens is 275 g/mol. The van der Waals surface area contributed by atoms with Gasteiger partial charge < -0.3 is 4.74 Å². The van der Waals surface area contributed by atoms with Crippen LogP contribution < -0.4 is 4.74 Å². The minimum absolute atomic E-state index is 0.266. The first-order valence-corrected chi connectivity index (χ1v) is 4.75. The fourth-order valence-corrected chi connectivity index (χ4v) is 1.22. The summed E-state index contributed by atoms with van der Waals surface area (Å²) in [4.78, 5) is 0. The Morgan fingerprint density at radius 1 is 0.933 bits per heavy atom. The molecule has 7 heteroatoms. The van der Waals surface area contributed by atoms with Gasteiger partial charge in [-0.25, -0.2) is 0 Å². The summed E-state index contributed by atoms with van der Waals surface area (Å²) in [5.41, 5.74) is 0.266. The highest BCUT2D eigenvalue weighted by Crippen LogP contribution is 2.38. The molecular formula is C8H4Cl3F3O. The number of hydrogen-bond donors (Lipinski definition) is 0. The van der Waals surface area contributed by atoms with Crippen molar-refractivity contribution in [2.75, 3.05) is 0 Å². The average molecular weight is 279 g/mol. The van der Waals surface area contributed by atoms with Crippen LogP contribution in [0.15, 0.2) is 24.3 Å². The number of halogens is 6. The molecule has 0 amide bonds. The van der Waals surface area contributed by atoms with E-state index in [4.69, 9.17) is 34.8 Å². The van der Waals surface area contributed by atoms with Gasteiger partial charge >= 0.3 is 6.36 Å². The van der Waals surface area contributed by atoms with Gasteiger partial charge in [0.2, 0.25) is 3.79 Å². The average Bonchev–Trinajstić information content (AvgIpc) is 2.00. The Labute approximate surface area is 98.7 Å². The summed E-state index contributed by atoms with van der Waals surface area (Å²) in [6, 6.07) is 4.64. The second kappa shape index (κ2) is 4.28. The second-order valence-corrected chi connectivity index (χ2v) is 4.85. The van der Waals surface area contributed by atoms with Gasteiger partial charge in [0.05, 0.1) is 0 Å². The topological polar surface area (TPSA) is 9.23 Å². The first-order chi connectivity index (χ1) is 6.68. The Bertz CT molecular complexity index is 328. The third-order valence-electron chi connectivity index (χ3n) is 1.42. The van der Waals surface area contributed by atoms with Crippen LogP contribution in [0.1, 0.15) is 5.56 Å². The molecule has 0 aliphatic carbocycles. The molecule has 1 rings (SSSR count). The molecule has 0 saturated carbocycles. The highest BCUT2D eigenvalue weighted by Gasteiger charge is 2.31. The fourth-order valence-electron chi connectivity index (χ4n) is 0.846. The standard InChI is InChI=1S/C8H4Cl3F3O/c9-7(10,11)5-1-3-6(4-2-5)15-8(12,13)14/h1-4H. The van der Waals surface area contributed by atoms with E-state index in [9.17, 15) is 13.2 Å². The molecule has 0 unspecified atom stereocenters. The van der Waals surface area contributed by atoms with Crippen molar-refractivity contribution in [2.24, 2.45) is 0 Å². The van der Waals surface area contributed by atoms with Crippen molar-refractivity contribution >= 4 is 34.8 Å². The predicted octanol–water partition coefficient (Wildman–Crippen LogP) is 4.41. The first kappa shape index (κ1) is 12.7. The van der Waals surface area contributed by atoms with Crippen molar-refractivity contribution in [3.8, 4) is 5.75 Å². The molecule has 0 N–H and O–H groups in total. The van der Waals surface area contributed by atoms with E-state index in [1.54, 1.807) is 0 Å². The lowest BCUT2D eigenvalue weighted by atomic mass is 10.2. The van der Waals surface area contributed by atoms with Gasteiger partial charge in [0.25, 0.3) is 0 Å². The van der Waals surface area contributed by atoms with Crippen LogP contribution in [0.5, 0.6) is 5.75 Å². The van der Waals surface area contributed by atoms with Gasteiger partial charge in [-0.05, 0) is 12.1 Å². The van der Waals surface area contributed by atoms with E-state index < -0.39 is 10.2 Å². The zero-order valence-electron chi connectivity index (χ0n) is 6.99. The molecule has 0 bridgehead atoms. The summed E-state index contributed by atoms with van der Waals surface area (Å²) < 4.78 is 37.3. The molecule has 0 spiro atoms. The summed E-state index contributed by atoms with van der Waals surface area (Å²) in [5.74, 6) is -0.361. The van der Waals surface area contributed by atoms with E-state index >= 15 is 0 Å². The predicted molar refractivity (Wildman–Crippen MR) is 52.4 cm³/mol. The molecule has 0 radical (unpaired) electrons. The van der Waals surface area contributed by atoms with E-state index in [1.807, 2.05) is 0 Å². The smallest absolute Gasteiger partial charge is 0.406 e. The Morgan fingerprint density at radius 3 is 1.73 bits per heavy atom. The molecule has 0 aromatic heterocycles. The summed E-state index contributed by atoms with van der Waals surface area (Å²) in [7, 11) is 0. The van der Waals surface area contributed by atoms with Gasteiger partial charge in [-0.1, -0.05) is 46.9 Å². The maximum Gasteiger partial charge on any atom is 0.573 e. The van der Waals surface area contributed by atoms with Crippen molar-refractivity contribution in [3.05, 3.63) is 29.8 Å². The number of alkyl halides is 6. The Balaban J connectivity index is 2.82. The van der Waals surface area contributed by atoms with Crippen molar-refractivity contribution in [2.45, 2.75) is 10.2 Å². The van der Waals surface area contributed by atoms with Crippen LogP contribution in [-0.2, 0) is 3.79 Å². The van der Waals surface area contributed by atoms with Crippen LogP contribution in [0.2, 0.25) is 0 Å². The summed E-state index contributed by atoms with van der Waals surface area (Å²) in [5, 5.41) is 0. The van der Waals surface area contributed by atoms with Crippen LogP contribution in [0, 0.1) is 0 Å². The minimum atomic E-state index is -4.72. The van der Waals surface area contributed by atoms with Crippen molar-refractivity contribution in [1.82, 2.24) is 0 Å². The SMILES string of the molecule is FC(F)(F)Oc1ccc(C(Cl)(Cl)Cl)cc1. The zero-order valence-corrected chi connectivity index (χ0v) is 9.25. The normalized spacial score (nSPS) is 12.7. The quantitative estimate of drug-likeness (QED) is 0.692. The lowest BCUT2D eigenvalue weighted by molar-refractivity contribution is -0.274. The van der Waals surface area contributed by atoms with Crippen LogP contribution >= 0.6 is 34.8 Å². The third kappa shape index (κ3) is 4.36. The number of rotatable bonds is 1. The molecule has 0 atom stereocenters. The third-order valence-corrected chi connectivity index (χ3v) is 2.07. The van der Waals surface area contributed by atoms with Gasteiger partial charge in [-0.3, -0.25) is 0 Å². The van der Waals surface area contributed by atoms with Gasteiger partial charge in [0.1, 0.15) is 5.75 Å².